The molecule has 3 aromatic carbocycles. The predicted molar refractivity (Wildman–Crippen MR) is 155 cm³/mol. The molecule has 0 radical (unpaired) electrons. The number of ether oxygens (including phenoxy) is 1. The number of nitrogens with zero attached hydrogens (tertiary/aromatic N) is 2. The Labute approximate surface area is 230 Å². The molecule has 39 heavy (non-hydrogen) atoms. The molecule has 1 aliphatic heterocycles. The van der Waals surface area contributed by atoms with Crippen LogP contribution >= 0.6 is 0 Å². The zero-order valence-corrected chi connectivity index (χ0v) is 22.7. The summed E-state index contributed by atoms with van der Waals surface area (Å²) in [5.74, 6) is -0.301. The third-order valence-electron chi connectivity index (χ3n) is 6.72. The zero-order chi connectivity index (χ0) is 27.8. The van der Waals surface area contributed by atoms with Crippen LogP contribution in [0.1, 0.15) is 58.5 Å². The van der Waals surface area contributed by atoms with Crippen molar-refractivity contribution < 1.29 is 19.1 Å². The first-order valence-electron chi connectivity index (χ1n) is 13.3. The van der Waals surface area contributed by atoms with Gasteiger partial charge in [0, 0.05) is 37.8 Å². The van der Waals surface area contributed by atoms with Crippen LogP contribution in [0.4, 0.5) is 11.4 Å². The summed E-state index contributed by atoms with van der Waals surface area (Å²) < 4.78 is 5.16. The number of nitrogens with one attached hydrogen (secondary N) is 1. The van der Waals surface area contributed by atoms with Gasteiger partial charge in [0.25, 0.3) is 5.91 Å². The number of carbonyl (C=O) groups excluding carboxylic acids is 3. The lowest BCUT2D eigenvalue weighted by atomic mass is 10.0. The van der Waals surface area contributed by atoms with E-state index in [1.807, 2.05) is 53.4 Å². The minimum absolute atomic E-state index is 0.00741. The second kappa shape index (κ2) is 12.9. The van der Waals surface area contributed by atoms with Crippen LogP contribution in [0.2, 0.25) is 0 Å². The highest BCUT2D eigenvalue weighted by molar-refractivity contribution is 6.05. The van der Waals surface area contributed by atoms with Crippen molar-refractivity contribution in [3.8, 4) is 0 Å². The van der Waals surface area contributed by atoms with Crippen LogP contribution in [0.15, 0.2) is 78.9 Å². The summed E-state index contributed by atoms with van der Waals surface area (Å²) in [6, 6.07) is 22.5. The number of hydrogen-bond acceptors (Lipinski definition) is 5. The Morgan fingerprint density at radius 1 is 0.897 bits per heavy atom. The quantitative estimate of drug-likeness (QED) is 0.306. The number of carbonyl (C=O) groups is 3. The summed E-state index contributed by atoms with van der Waals surface area (Å²) in [4.78, 5) is 42.1. The van der Waals surface area contributed by atoms with Crippen molar-refractivity contribution in [1.82, 2.24) is 4.90 Å². The summed E-state index contributed by atoms with van der Waals surface area (Å²) in [7, 11) is 0. The standard InChI is InChI=1S/C32H35N3O4/c1-4-39-32(38)27-15-16-29(34-18-20-35(21-19-34)31(37)26-8-6-5-7-9-26)28(22-27)33-30(36)17-12-24-10-13-25(14-11-24)23(2)3/h5-17,22-23H,4,18-21H2,1-3H3,(H,33,36). The molecule has 7 nitrogen and oxygen atoms in total. The lowest BCUT2D eigenvalue weighted by Crippen LogP contribution is -2.49. The van der Waals surface area contributed by atoms with E-state index in [1.54, 1.807) is 25.1 Å². The van der Waals surface area contributed by atoms with Gasteiger partial charge in [0.2, 0.25) is 5.91 Å². The van der Waals surface area contributed by atoms with Gasteiger partial charge < -0.3 is 19.9 Å². The van der Waals surface area contributed by atoms with Gasteiger partial charge >= 0.3 is 5.97 Å². The van der Waals surface area contributed by atoms with E-state index in [4.69, 9.17) is 4.74 Å². The monoisotopic (exact) mass is 525 g/mol. The van der Waals surface area contributed by atoms with Crippen LogP contribution in [-0.4, -0.2) is 55.5 Å². The smallest absolute Gasteiger partial charge is 0.338 e. The number of hydrogen-bond donors (Lipinski definition) is 1. The van der Waals surface area contributed by atoms with E-state index in [0.717, 1.165) is 11.3 Å². The van der Waals surface area contributed by atoms with Crippen LogP contribution in [-0.2, 0) is 9.53 Å². The Morgan fingerprint density at radius 3 is 2.23 bits per heavy atom. The Morgan fingerprint density at radius 2 is 1.59 bits per heavy atom. The summed E-state index contributed by atoms with van der Waals surface area (Å²) in [6.07, 6.45) is 3.25. The summed E-state index contributed by atoms with van der Waals surface area (Å²) in [5, 5.41) is 2.95. The maximum Gasteiger partial charge on any atom is 0.338 e. The molecule has 0 bridgehead atoms. The first kappa shape index (κ1) is 27.6. The molecule has 0 aliphatic carbocycles. The van der Waals surface area contributed by atoms with E-state index in [-0.39, 0.29) is 18.4 Å². The van der Waals surface area contributed by atoms with Gasteiger partial charge in [-0.1, -0.05) is 56.3 Å². The fourth-order valence-electron chi connectivity index (χ4n) is 4.51. The van der Waals surface area contributed by atoms with E-state index in [0.29, 0.717) is 48.9 Å². The maximum absolute atomic E-state index is 12.9. The van der Waals surface area contributed by atoms with E-state index in [9.17, 15) is 14.4 Å². The molecule has 202 valence electrons. The SMILES string of the molecule is CCOC(=O)c1ccc(N2CCN(C(=O)c3ccccc3)CC2)c(NC(=O)C=Cc2ccc(C(C)C)cc2)c1. The molecule has 1 heterocycles. The molecule has 0 unspecified atom stereocenters. The van der Waals surface area contributed by atoms with Crippen molar-refractivity contribution >= 4 is 35.2 Å². The molecule has 0 aromatic heterocycles. The number of piperazine rings is 1. The zero-order valence-electron chi connectivity index (χ0n) is 22.7. The molecule has 1 fully saturated rings. The summed E-state index contributed by atoms with van der Waals surface area (Å²) in [6.45, 7) is 8.58. The Balaban J connectivity index is 1.49. The molecule has 3 aromatic rings. The van der Waals surface area contributed by atoms with E-state index >= 15 is 0 Å². The van der Waals surface area contributed by atoms with Gasteiger partial charge in [0.15, 0.2) is 0 Å². The molecular formula is C32H35N3O4. The van der Waals surface area contributed by atoms with E-state index in [1.165, 1.54) is 11.6 Å². The van der Waals surface area contributed by atoms with Gasteiger partial charge in [-0.15, -0.1) is 0 Å². The lowest BCUT2D eigenvalue weighted by Gasteiger charge is -2.37. The average molecular weight is 526 g/mol. The summed E-state index contributed by atoms with van der Waals surface area (Å²) >= 11 is 0. The molecule has 2 amide bonds. The van der Waals surface area contributed by atoms with Crippen molar-refractivity contribution in [1.29, 1.82) is 0 Å². The molecule has 7 heteroatoms. The number of rotatable bonds is 8. The third-order valence-corrected chi connectivity index (χ3v) is 6.72. The molecule has 0 saturated carbocycles. The normalized spacial score (nSPS) is 13.5. The van der Waals surface area contributed by atoms with Crippen molar-refractivity contribution in [3.05, 3.63) is 101 Å². The maximum atomic E-state index is 12.9. The minimum atomic E-state index is -0.446. The van der Waals surface area contributed by atoms with Crippen LogP contribution in [0.3, 0.4) is 0 Å². The van der Waals surface area contributed by atoms with Gasteiger partial charge in [-0.25, -0.2) is 4.79 Å². The third kappa shape index (κ3) is 7.13. The molecular weight excluding hydrogens is 490 g/mol. The van der Waals surface area contributed by atoms with Gasteiger partial charge in [-0.3, -0.25) is 9.59 Å². The highest BCUT2D eigenvalue weighted by atomic mass is 16.5. The molecule has 0 spiro atoms. The highest BCUT2D eigenvalue weighted by Crippen LogP contribution is 2.29. The molecule has 1 N–H and O–H groups in total. The first-order chi connectivity index (χ1) is 18.9. The fourth-order valence-corrected chi connectivity index (χ4v) is 4.51. The number of benzene rings is 3. The lowest BCUT2D eigenvalue weighted by molar-refractivity contribution is -0.111. The van der Waals surface area contributed by atoms with Gasteiger partial charge in [0.1, 0.15) is 0 Å². The van der Waals surface area contributed by atoms with Crippen molar-refractivity contribution in [3.63, 3.8) is 0 Å². The first-order valence-corrected chi connectivity index (χ1v) is 13.3. The topological polar surface area (TPSA) is 79.0 Å². The predicted octanol–water partition coefficient (Wildman–Crippen LogP) is 5.60. The van der Waals surface area contributed by atoms with E-state index in [2.05, 4.69) is 36.2 Å². The average Bonchev–Trinajstić information content (AvgIpc) is 2.96. The Hall–Kier alpha value is -4.39. The second-order valence-electron chi connectivity index (χ2n) is 9.74. The Bertz CT molecular complexity index is 1330. The van der Waals surface area contributed by atoms with Crippen molar-refractivity contribution in [2.45, 2.75) is 26.7 Å². The van der Waals surface area contributed by atoms with Crippen molar-refractivity contribution in [2.75, 3.05) is 43.0 Å². The second-order valence-corrected chi connectivity index (χ2v) is 9.74. The van der Waals surface area contributed by atoms with Gasteiger partial charge in [0.05, 0.1) is 23.5 Å². The molecule has 1 aliphatic rings. The van der Waals surface area contributed by atoms with Crippen LogP contribution < -0.4 is 10.2 Å². The summed E-state index contributed by atoms with van der Waals surface area (Å²) in [5.41, 5.74) is 4.51. The number of esters is 1. The van der Waals surface area contributed by atoms with Crippen molar-refractivity contribution in [2.24, 2.45) is 0 Å². The van der Waals surface area contributed by atoms with Gasteiger partial charge in [-0.2, -0.15) is 0 Å². The molecule has 4 rings (SSSR count). The van der Waals surface area contributed by atoms with E-state index < -0.39 is 5.97 Å². The van der Waals surface area contributed by atoms with Crippen LogP contribution in [0.25, 0.3) is 6.08 Å². The Kier molecular flexibility index (Phi) is 9.15. The van der Waals surface area contributed by atoms with Crippen LogP contribution in [0.5, 0.6) is 0 Å². The molecule has 0 atom stereocenters. The largest absolute Gasteiger partial charge is 0.462 e. The number of anilines is 2. The van der Waals surface area contributed by atoms with Gasteiger partial charge in [-0.05, 0) is 60.4 Å². The molecule has 1 saturated heterocycles. The van der Waals surface area contributed by atoms with Crippen LogP contribution in [0, 0.1) is 0 Å². The highest BCUT2D eigenvalue weighted by Gasteiger charge is 2.24. The minimum Gasteiger partial charge on any atom is -0.462 e. The fraction of sp³-hybridized carbons (Fsp3) is 0.281. The number of amides is 2.